The quantitative estimate of drug-likeness (QED) is 0.552. The molecule has 5 nitrogen and oxygen atoms in total. The lowest BCUT2D eigenvalue weighted by molar-refractivity contribution is -0.119. The minimum atomic E-state index is -0.125. The van der Waals surface area contributed by atoms with Gasteiger partial charge >= 0.3 is 0 Å². The second kappa shape index (κ2) is 8.49. The van der Waals surface area contributed by atoms with Gasteiger partial charge in [-0.15, -0.1) is 21.5 Å². The lowest BCUT2D eigenvalue weighted by Gasteiger charge is -2.18. The zero-order valence-electron chi connectivity index (χ0n) is 16.1. The number of carbonyl (C=O) groups excluding carboxylic acids is 1. The Kier molecular flexibility index (Phi) is 5.82. The number of carbonyl (C=O) groups is 1. The summed E-state index contributed by atoms with van der Waals surface area (Å²) in [6, 6.07) is 12.3. The first-order valence-electron chi connectivity index (χ1n) is 9.61. The summed E-state index contributed by atoms with van der Waals surface area (Å²) in [4.78, 5) is 13.9. The van der Waals surface area contributed by atoms with Crippen LogP contribution in [0.3, 0.4) is 0 Å². The number of benzene rings is 1. The number of aromatic nitrogens is 3. The minimum Gasteiger partial charge on any atom is -0.344 e. The second-order valence-corrected chi connectivity index (χ2v) is 9.00. The highest BCUT2D eigenvalue weighted by atomic mass is 32.2. The number of hydrogen-bond donors (Lipinski definition) is 1. The molecule has 2 aromatic heterocycles. The maximum Gasteiger partial charge on any atom is 0.231 e. The van der Waals surface area contributed by atoms with Crippen molar-refractivity contribution in [2.45, 2.75) is 50.4 Å². The van der Waals surface area contributed by atoms with Crippen LogP contribution in [0.4, 0.5) is 0 Å². The molecule has 1 atom stereocenters. The summed E-state index contributed by atoms with van der Waals surface area (Å²) in [5.74, 6) is 1.96. The fraction of sp³-hybridized carbons (Fsp3) is 0.381. The van der Waals surface area contributed by atoms with E-state index in [2.05, 4.69) is 64.3 Å². The monoisotopic (exact) mass is 412 g/mol. The number of amides is 1. The highest BCUT2D eigenvalue weighted by Crippen LogP contribution is 2.40. The van der Waals surface area contributed by atoms with E-state index in [-0.39, 0.29) is 11.9 Å². The van der Waals surface area contributed by atoms with Crippen LogP contribution in [0.25, 0.3) is 0 Å². The van der Waals surface area contributed by atoms with Crippen molar-refractivity contribution in [3.63, 3.8) is 0 Å². The van der Waals surface area contributed by atoms with Crippen LogP contribution >= 0.6 is 23.1 Å². The molecule has 2 heterocycles. The van der Waals surface area contributed by atoms with E-state index in [1.807, 2.05) is 11.4 Å². The zero-order chi connectivity index (χ0) is 19.5. The maximum absolute atomic E-state index is 12.7. The van der Waals surface area contributed by atoms with Gasteiger partial charge in [0, 0.05) is 17.3 Å². The van der Waals surface area contributed by atoms with Crippen LogP contribution < -0.4 is 5.32 Å². The van der Waals surface area contributed by atoms with Crippen molar-refractivity contribution in [1.82, 2.24) is 20.1 Å². The summed E-state index contributed by atoms with van der Waals surface area (Å²) in [6.07, 6.45) is 2.39. The Morgan fingerprint density at radius 2 is 2.07 bits per heavy atom. The first-order chi connectivity index (χ1) is 13.7. The molecule has 1 fully saturated rings. The standard InChI is InChI=1S/C21H24N4OS2/c1-3-25-20(16-10-11-16)23-24-21(25)28-13-18(26)22-19(17-5-4-12-27-17)15-8-6-14(2)7-9-15/h4-9,12,16,19H,3,10-11,13H2,1-2H3,(H,22,26). The molecule has 7 heteroatoms. The number of rotatable bonds is 8. The van der Waals surface area contributed by atoms with Crippen molar-refractivity contribution in [3.05, 3.63) is 63.6 Å². The van der Waals surface area contributed by atoms with E-state index in [0.717, 1.165) is 28.0 Å². The normalized spacial score (nSPS) is 14.8. The number of nitrogens with one attached hydrogen (secondary N) is 1. The van der Waals surface area contributed by atoms with Crippen LogP contribution in [0.5, 0.6) is 0 Å². The predicted molar refractivity (Wildman–Crippen MR) is 114 cm³/mol. The molecule has 0 radical (unpaired) electrons. The maximum atomic E-state index is 12.7. The molecular formula is C21H24N4OS2. The lowest BCUT2D eigenvalue weighted by atomic mass is 10.0. The first-order valence-corrected chi connectivity index (χ1v) is 11.5. The molecule has 4 rings (SSSR count). The van der Waals surface area contributed by atoms with Crippen molar-refractivity contribution in [1.29, 1.82) is 0 Å². The van der Waals surface area contributed by atoms with Crippen LogP contribution in [0.2, 0.25) is 0 Å². The van der Waals surface area contributed by atoms with Crippen LogP contribution in [0.1, 0.15) is 53.6 Å². The number of aryl methyl sites for hydroxylation is 1. The molecular weight excluding hydrogens is 388 g/mol. The van der Waals surface area contributed by atoms with E-state index in [4.69, 9.17) is 0 Å². The van der Waals surface area contributed by atoms with E-state index in [1.54, 1.807) is 11.3 Å². The van der Waals surface area contributed by atoms with E-state index in [1.165, 1.54) is 30.2 Å². The Morgan fingerprint density at radius 1 is 1.29 bits per heavy atom. The Bertz CT molecular complexity index is 930. The Labute approximate surface area is 173 Å². The average molecular weight is 413 g/mol. The molecule has 0 saturated heterocycles. The molecule has 0 spiro atoms. The van der Waals surface area contributed by atoms with Gasteiger partial charge in [0.1, 0.15) is 5.82 Å². The molecule has 146 valence electrons. The summed E-state index contributed by atoms with van der Waals surface area (Å²) < 4.78 is 2.15. The fourth-order valence-corrected chi connectivity index (χ4v) is 4.84. The number of thiophene rings is 1. The molecule has 1 unspecified atom stereocenters. The summed E-state index contributed by atoms with van der Waals surface area (Å²) in [5, 5.41) is 14.7. The molecule has 1 aliphatic carbocycles. The molecule has 0 bridgehead atoms. The van der Waals surface area contributed by atoms with Crippen molar-refractivity contribution in [2.24, 2.45) is 0 Å². The average Bonchev–Trinajstić information content (AvgIpc) is 3.24. The highest BCUT2D eigenvalue weighted by molar-refractivity contribution is 7.99. The lowest BCUT2D eigenvalue weighted by Crippen LogP contribution is -2.30. The number of hydrogen-bond acceptors (Lipinski definition) is 5. The van der Waals surface area contributed by atoms with Gasteiger partial charge in [-0.05, 0) is 43.7 Å². The smallest absolute Gasteiger partial charge is 0.231 e. The Balaban J connectivity index is 1.44. The van der Waals surface area contributed by atoms with Crippen LogP contribution in [-0.4, -0.2) is 26.4 Å². The van der Waals surface area contributed by atoms with Gasteiger partial charge < -0.3 is 9.88 Å². The van der Waals surface area contributed by atoms with Gasteiger partial charge in [0.2, 0.25) is 5.91 Å². The third-order valence-electron chi connectivity index (χ3n) is 4.88. The zero-order valence-corrected chi connectivity index (χ0v) is 17.7. The second-order valence-electron chi connectivity index (χ2n) is 7.07. The summed E-state index contributed by atoms with van der Waals surface area (Å²) in [6.45, 7) is 5.01. The third kappa shape index (κ3) is 4.31. The molecule has 1 aromatic carbocycles. The Hall–Kier alpha value is -2.12. The van der Waals surface area contributed by atoms with Gasteiger partial charge in [-0.2, -0.15) is 0 Å². The van der Waals surface area contributed by atoms with Crippen molar-refractivity contribution < 1.29 is 4.79 Å². The largest absolute Gasteiger partial charge is 0.344 e. The van der Waals surface area contributed by atoms with Crippen LogP contribution in [0.15, 0.2) is 46.9 Å². The topological polar surface area (TPSA) is 59.8 Å². The van der Waals surface area contributed by atoms with Gasteiger partial charge in [-0.3, -0.25) is 4.79 Å². The molecule has 1 amide bonds. The van der Waals surface area contributed by atoms with E-state index in [9.17, 15) is 4.79 Å². The van der Waals surface area contributed by atoms with Gasteiger partial charge in [-0.25, -0.2) is 0 Å². The number of nitrogens with zero attached hydrogens (tertiary/aromatic N) is 3. The molecule has 3 aromatic rings. The molecule has 1 N–H and O–H groups in total. The van der Waals surface area contributed by atoms with Crippen molar-refractivity contribution in [3.8, 4) is 0 Å². The minimum absolute atomic E-state index is 0.00241. The SMILES string of the molecule is CCn1c(SCC(=O)NC(c2ccc(C)cc2)c2cccs2)nnc1C1CC1. The van der Waals surface area contributed by atoms with Gasteiger partial charge in [0.15, 0.2) is 5.16 Å². The van der Waals surface area contributed by atoms with Gasteiger partial charge in [0.25, 0.3) is 0 Å². The third-order valence-corrected chi connectivity index (χ3v) is 6.78. The van der Waals surface area contributed by atoms with Gasteiger partial charge in [-0.1, -0.05) is 47.7 Å². The predicted octanol–water partition coefficient (Wildman–Crippen LogP) is 4.54. The van der Waals surface area contributed by atoms with Gasteiger partial charge in [0.05, 0.1) is 11.8 Å². The molecule has 1 saturated carbocycles. The highest BCUT2D eigenvalue weighted by Gasteiger charge is 2.30. The van der Waals surface area contributed by atoms with Crippen molar-refractivity contribution in [2.75, 3.05) is 5.75 Å². The summed E-state index contributed by atoms with van der Waals surface area (Å²) >= 11 is 3.12. The molecule has 1 aliphatic rings. The van der Waals surface area contributed by atoms with Crippen LogP contribution in [-0.2, 0) is 11.3 Å². The number of thioether (sulfide) groups is 1. The Morgan fingerprint density at radius 3 is 2.71 bits per heavy atom. The van der Waals surface area contributed by atoms with Crippen molar-refractivity contribution >= 4 is 29.0 Å². The molecule has 28 heavy (non-hydrogen) atoms. The van der Waals surface area contributed by atoms with Crippen LogP contribution in [0, 0.1) is 6.92 Å². The summed E-state index contributed by atoms with van der Waals surface area (Å²) in [5.41, 5.74) is 2.31. The van der Waals surface area contributed by atoms with E-state index >= 15 is 0 Å². The van der Waals surface area contributed by atoms with E-state index < -0.39 is 0 Å². The fourth-order valence-electron chi connectivity index (χ4n) is 3.21. The first kappa shape index (κ1) is 19.2. The van der Waals surface area contributed by atoms with E-state index in [0.29, 0.717) is 11.7 Å². The molecule has 0 aliphatic heterocycles. The summed E-state index contributed by atoms with van der Waals surface area (Å²) in [7, 11) is 0.